The molecule has 0 aliphatic carbocycles. The summed E-state index contributed by atoms with van der Waals surface area (Å²) >= 11 is 1.29. The van der Waals surface area contributed by atoms with Gasteiger partial charge in [0.25, 0.3) is 0 Å². The van der Waals surface area contributed by atoms with Crippen molar-refractivity contribution in [1.82, 2.24) is 0 Å². The molecule has 2 amide bonds. The molecule has 8 heteroatoms. The number of rotatable bonds is 8. The third-order valence-electron chi connectivity index (χ3n) is 5.50. The van der Waals surface area contributed by atoms with Gasteiger partial charge in [-0.25, -0.2) is 4.90 Å². The number of nitrogens with one attached hydrogen (secondary N) is 1. The van der Waals surface area contributed by atoms with Crippen molar-refractivity contribution in [3.63, 3.8) is 0 Å². The zero-order valence-electron chi connectivity index (χ0n) is 19.6. The average Bonchev–Trinajstić information content (AvgIpc) is 3.17. The van der Waals surface area contributed by atoms with Gasteiger partial charge in [0.05, 0.1) is 19.9 Å². The summed E-state index contributed by atoms with van der Waals surface area (Å²) in [5.41, 5.74) is 2.51. The number of hydrogen-bond acceptors (Lipinski definition) is 6. The molecule has 180 valence electrons. The molecular formula is C27H27N3O4S. The zero-order chi connectivity index (χ0) is 24.6. The number of imide groups is 1. The van der Waals surface area contributed by atoms with Crippen molar-refractivity contribution >= 4 is 40.1 Å². The van der Waals surface area contributed by atoms with Crippen molar-refractivity contribution in [2.45, 2.75) is 18.1 Å². The van der Waals surface area contributed by atoms with Crippen molar-refractivity contribution in [3.8, 4) is 11.5 Å². The summed E-state index contributed by atoms with van der Waals surface area (Å²) in [7, 11) is 3.21. The van der Waals surface area contributed by atoms with Crippen LogP contribution in [0, 0.1) is 0 Å². The lowest BCUT2D eigenvalue weighted by molar-refractivity contribution is -0.121. The number of para-hydroxylation sites is 2. The molecule has 35 heavy (non-hydrogen) atoms. The number of carbonyl (C=O) groups excluding carboxylic acids is 2. The average molecular weight is 490 g/mol. The highest BCUT2D eigenvalue weighted by atomic mass is 32.2. The summed E-state index contributed by atoms with van der Waals surface area (Å²) in [6.45, 7) is 0.495. The standard InChI is InChI=1S/C27H27N3O4S/c1-33-22-14-13-19(17-23(22)34-2)15-16-28-27(29-20-9-5-3-6-10-20)35-24-18-25(31)30(26(24)32)21-11-7-4-8-12-21/h3-14,17,24H,15-16,18H2,1-2H3,(H,28,29)/t24-/m0/s1. The maximum absolute atomic E-state index is 13.1. The van der Waals surface area contributed by atoms with Crippen molar-refractivity contribution in [1.29, 1.82) is 0 Å². The lowest BCUT2D eigenvalue weighted by atomic mass is 10.1. The van der Waals surface area contributed by atoms with Gasteiger partial charge in [0.1, 0.15) is 5.25 Å². The summed E-state index contributed by atoms with van der Waals surface area (Å²) in [4.78, 5) is 31.8. The molecule has 1 heterocycles. The maximum Gasteiger partial charge on any atom is 0.247 e. The quantitative estimate of drug-likeness (QED) is 0.279. The first-order chi connectivity index (χ1) is 17.1. The van der Waals surface area contributed by atoms with Crippen LogP contribution in [0.1, 0.15) is 12.0 Å². The molecule has 1 aliphatic heterocycles. The van der Waals surface area contributed by atoms with Gasteiger partial charge in [-0.1, -0.05) is 54.2 Å². The highest BCUT2D eigenvalue weighted by Gasteiger charge is 2.40. The first-order valence-electron chi connectivity index (χ1n) is 11.2. The molecule has 1 saturated heterocycles. The van der Waals surface area contributed by atoms with Gasteiger partial charge in [0.2, 0.25) is 11.8 Å². The van der Waals surface area contributed by atoms with Gasteiger partial charge in [-0.15, -0.1) is 0 Å². The van der Waals surface area contributed by atoms with E-state index in [1.54, 1.807) is 26.4 Å². The Balaban J connectivity index is 1.49. The summed E-state index contributed by atoms with van der Waals surface area (Å²) in [6.07, 6.45) is 0.804. The van der Waals surface area contributed by atoms with Crippen LogP contribution in [0.5, 0.6) is 11.5 Å². The van der Waals surface area contributed by atoms with E-state index in [-0.39, 0.29) is 18.2 Å². The molecule has 4 rings (SSSR count). The van der Waals surface area contributed by atoms with Crippen molar-refractivity contribution in [3.05, 3.63) is 84.4 Å². The molecule has 0 bridgehead atoms. The van der Waals surface area contributed by atoms with Gasteiger partial charge in [-0.05, 0) is 48.4 Å². The summed E-state index contributed by atoms with van der Waals surface area (Å²) in [6, 6.07) is 24.5. The molecule has 1 aliphatic rings. The lowest BCUT2D eigenvalue weighted by Crippen LogP contribution is -2.31. The molecule has 0 saturated carbocycles. The lowest BCUT2D eigenvalue weighted by Gasteiger charge is -2.16. The first kappa shape index (κ1) is 24.3. The molecule has 0 spiro atoms. The molecule has 1 fully saturated rings. The van der Waals surface area contributed by atoms with E-state index in [0.29, 0.717) is 35.3 Å². The van der Waals surface area contributed by atoms with Crippen molar-refractivity contribution in [2.75, 3.05) is 31.0 Å². The predicted molar refractivity (Wildman–Crippen MR) is 141 cm³/mol. The molecule has 3 aromatic rings. The van der Waals surface area contributed by atoms with Crippen LogP contribution in [0.15, 0.2) is 83.9 Å². The highest BCUT2D eigenvalue weighted by Crippen LogP contribution is 2.31. The second-order valence-corrected chi connectivity index (χ2v) is 9.02. The number of aliphatic imine (C=N–C) groups is 1. The monoisotopic (exact) mass is 489 g/mol. The smallest absolute Gasteiger partial charge is 0.247 e. The van der Waals surface area contributed by atoms with E-state index in [1.165, 1.54) is 16.7 Å². The predicted octanol–water partition coefficient (Wildman–Crippen LogP) is 4.78. The van der Waals surface area contributed by atoms with Gasteiger partial charge in [0.15, 0.2) is 16.7 Å². The fraction of sp³-hybridized carbons (Fsp3) is 0.222. The van der Waals surface area contributed by atoms with Crippen LogP contribution in [0.25, 0.3) is 0 Å². The van der Waals surface area contributed by atoms with E-state index in [1.807, 2.05) is 66.7 Å². The van der Waals surface area contributed by atoms with Gasteiger partial charge in [-0.2, -0.15) is 0 Å². The molecular weight excluding hydrogens is 462 g/mol. The Bertz CT molecular complexity index is 1200. The topological polar surface area (TPSA) is 80.2 Å². The fourth-order valence-electron chi connectivity index (χ4n) is 3.75. The summed E-state index contributed by atoms with van der Waals surface area (Å²) < 4.78 is 10.7. The number of thioether (sulfide) groups is 1. The SMILES string of the molecule is COc1ccc(CCN=C(Nc2ccccc2)S[C@H]2CC(=O)N(c3ccccc3)C2=O)cc1OC. The molecule has 0 aromatic heterocycles. The van der Waals surface area contributed by atoms with Gasteiger partial charge >= 0.3 is 0 Å². The maximum atomic E-state index is 13.1. The number of amides is 2. The van der Waals surface area contributed by atoms with E-state index in [4.69, 9.17) is 14.5 Å². The normalized spacial score (nSPS) is 15.9. The number of nitrogens with zero attached hydrogens (tertiary/aromatic N) is 2. The number of methoxy groups -OCH3 is 2. The van der Waals surface area contributed by atoms with E-state index >= 15 is 0 Å². The number of anilines is 2. The Morgan fingerprint density at radius 3 is 2.34 bits per heavy atom. The zero-order valence-corrected chi connectivity index (χ0v) is 20.5. The molecule has 0 radical (unpaired) electrons. The minimum Gasteiger partial charge on any atom is -0.493 e. The van der Waals surface area contributed by atoms with Gasteiger partial charge < -0.3 is 14.8 Å². The number of carbonyl (C=O) groups is 2. The molecule has 1 atom stereocenters. The van der Waals surface area contributed by atoms with Crippen LogP contribution >= 0.6 is 11.8 Å². The Hall–Kier alpha value is -3.78. The minimum absolute atomic E-state index is 0.129. The third kappa shape index (κ3) is 6.02. The van der Waals surface area contributed by atoms with Crippen LogP contribution in [0.2, 0.25) is 0 Å². The molecule has 1 N–H and O–H groups in total. The number of amidine groups is 1. The molecule has 7 nitrogen and oxygen atoms in total. The highest BCUT2D eigenvalue weighted by molar-refractivity contribution is 8.15. The van der Waals surface area contributed by atoms with E-state index in [0.717, 1.165) is 11.3 Å². The Kier molecular flexibility index (Phi) is 8.05. The fourth-order valence-corrected chi connectivity index (χ4v) is 4.80. The molecule has 3 aromatic carbocycles. The van der Waals surface area contributed by atoms with Crippen LogP contribution in [-0.2, 0) is 16.0 Å². The van der Waals surface area contributed by atoms with Crippen molar-refractivity contribution in [2.24, 2.45) is 4.99 Å². The second kappa shape index (κ2) is 11.6. The minimum atomic E-state index is -0.543. The summed E-state index contributed by atoms with van der Waals surface area (Å²) in [5.74, 6) is 0.910. The van der Waals surface area contributed by atoms with Crippen LogP contribution < -0.4 is 19.7 Å². The number of benzene rings is 3. The van der Waals surface area contributed by atoms with Crippen molar-refractivity contribution < 1.29 is 19.1 Å². The van der Waals surface area contributed by atoms with Crippen LogP contribution in [0.4, 0.5) is 11.4 Å². The third-order valence-corrected chi connectivity index (χ3v) is 6.61. The van der Waals surface area contributed by atoms with Gasteiger partial charge in [-0.3, -0.25) is 14.6 Å². The second-order valence-electron chi connectivity index (χ2n) is 7.83. The van der Waals surface area contributed by atoms with E-state index in [9.17, 15) is 9.59 Å². The Labute approximate surface area is 209 Å². The summed E-state index contributed by atoms with van der Waals surface area (Å²) in [5, 5.41) is 3.36. The van der Waals surface area contributed by atoms with E-state index in [2.05, 4.69) is 5.32 Å². The number of hydrogen-bond donors (Lipinski definition) is 1. The Morgan fingerprint density at radius 1 is 0.971 bits per heavy atom. The largest absolute Gasteiger partial charge is 0.493 e. The Morgan fingerprint density at radius 2 is 1.66 bits per heavy atom. The van der Waals surface area contributed by atoms with E-state index < -0.39 is 5.25 Å². The number of ether oxygens (including phenoxy) is 2. The molecule has 0 unspecified atom stereocenters. The van der Waals surface area contributed by atoms with Crippen LogP contribution in [0.3, 0.4) is 0 Å². The van der Waals surface area contributed by atoms with Crippen LogP contribution in [-0.4, -0.2) is 43.0 Å². The first-order valence-corrected chi connectivity index (χ1v) is 12.1. The van der Waals surface area contributed by atoms with Gasteiger partial charge in [0, 0.05) is 18.7 Å².